The Labute approximate surface area is 84.5 Å². The van der Waals surface area contributed by atoms with Crippen LogP contribution in [0.4, 0.5) is 8.78 Å². The third-order valence-electron chi connectivity index (χ3n) is 2.37. The van der Waals surface area contributed by atoms with Crippen LogP contribution in [-0.4, -0.2) is 15.6 Å². The highest BCUT2D eigenvalue weighted by Gasteiger charge is 2.13. The molecule has 0 radical (unpaired) electrons. The second-order valence-electron chi connectivity index (χ2n) is 3.33. The van der Waals surface area contributed by atoms with Gasteiger partial charge in [-0.3, -0.25) is 9.13 Å². The monoisotopic (exact) mass is 212 g/mol. The van der Waals surface area contributed by atoms with E-state index in [0.717, 1.165) is 4.57 Å². The highest BCUT2D eigenvalue weighted by Crippen LogP contribution is 2.12. The van der Waals surface area contributed by atoms with Crippen LogP contribution in [0.2, 0.25) is 0 Å². The Hall–Kier alpha value is -1.65. The molecule has 80 valence electrons. The van der Waals surface area contributed by atoms with E-state index in [0.29, 0.717) is 11.0 Å². The van der Waals surface area contributed by atoms with Crippen molar-refractivity contribution < 1.29 is 8.78 Å². The first kappa shape index (κ1) is 9.89. The van der Waals surface area contributed by atoms with E-state index in [4.69, 9.17) is 0 Å². The number of hydrogen-bond donors (Lipinski definition) is 0. The first-order valence-corrected chi connectivity index (χ1v) is 4.53. The topological polar surface area (TPSA) is 26.9 Å². The molecule has 0 unspecified atom stereocenters. The largest absolute Gasteiger partial charge is 0.329 e. The average Bonchev–Trinajstić information content (AvgIpc) is 2.44. The summed E-state index contributed by atoms with van der Waals surface area (Å²) in [7, 11) is 1.58. The van der Waals surface area contributed by atoms with E-state index in [1.807, 2.05) is 0 Å². The van der Waals surface area contributed by atoms with Crippen molar-refractivity contribution in [1.82, 2.24) is 9.13 Å². The molecule has 0 amide bonds. The molecule has 3 nitrogen and oxygen atoms in total. The molecule has 1 aromatic heterocycles. The minimum absolute atomic E-state index is 0.406. The lowest BCUT2D eigenvalue weighted by molar-refractivity contribution is 0.126. The van der Waals surface area contributed by atoms with E-state index in [2.05, 4.69) is 0 Å². The van der Waals surface area contributed by atoms with E-state index in [-0.39, 0.29) is 0 Å². The fourth-order valence-electron chi connectivity index (χ4n) is 1.68. The summed E-state index contributed by atoms with van der Waals surface area (Å²) in [6.07, 6.45) is -2.52. The van der Waals surface area contributed by atoms with E-state index in [1.165, 1.54) is 4.57 Å². The number of aromatic nitrogens is 2. The number of fused-ring (bicyclic) bond motifs is 1. The van der Waals surface area contributed by atoms with Crippen LogP contribution in [-0.2, 0) is 13.6 Å². The Balaban J connectivity index is 2.72. The van der Waals surface area contributed by atoms with Gasteiger partial charge in [0.2, 0.25) is 0 Å². The molecule has 0 saturated heterocycles. The van der Waals surface area contributed by atoms with Gasteiger partial charge in [0, 0.05) is 7.05 Å². The lowest BCUT2D eigenvalue weighted by atomic mass is 10.3. The summed E-state index contributed by atoms with van der Waals surface area (Å²) in [5.74, 6) is 0. The quantitative estimate of drug-likeness (QED) is 0.742. The predicted molar refractivity (Wildman–Crippen MR) is 53.2 cm³/mol. The van der Waals surface area contributed by atoms with Crippen molar-refractivity contribution in [2.75, 3.05) is 0 Å². The first-order chi connectivity index (χ1) is 7.11. The summed E-state index contributed by atoms with van der Waals surface area (Å²) >= 11 is 0. The van der Waals surface area contributed by atoms with Crippen molar-refractivity contribution >= 4 is 11.0 Å². The van der Waals surface area contributed by atoms with Crippen LogP contribution in [0.3, 0.4) is 0 Å². The maximum atomic E-state index is 12.3. The number of halogens is 2. The molecule has 0 fully saturated rings. The van der Waals surface area contributed by atoms with Gasteiger partial charge < -0.3 is 0 Å². The second-order valence-corrected chi connectivity index (χ2v) is 3.33. The Kier molecular flexibility index (Phi) is 2.30. The zero-order chi connectivity index (χ0) is 11.0. The van der Waals surface area contributed by atoms with Crippen molar-refractivity contribution in [1.29, 1.82) is 0 Å². The zero-order valence-corrected chi connectivity index (χ0v) is 8.15. The van der Waals surface area contributed by atoms with Crippen LogP contribution in [0.5, 0.6) is 0 Å². The minimum Gasteiger partial charge on any atom is -0.295 e. The number of para-hydroxylation sites is 2. The van der Waals surface area contributed by atoms with Crippen LogP contribution in [0, 0.1) is 0 Å². The molecular weight excluding hydrogens is 202 g/mol. The highest BCUT2D eigenvalue weighted by atomic mass is 19.3. The van der Waals surface area contributed by atoms with Crippen molar-refractivity contribution in [3.05, 3.63) is 34.7 Å². The molecule has 0 saturated carbocycles. The maximum absolute atomic E-state index is 12.3. The molecule has 0 bridgehead atoms. The van der Waals surface area contributed by atoms with Crippen molar-refractivity contribution in [2.24, 2.45) is 7.05 Å². The number of alkyl halides is 2. The number of aryl methyl sites for hydroxylation is 1. The van der Waals surface area contributed by atoms with Crippen molar-refractivity contribution in [3.63, 3.8) is 0 Å². The second kappa shape index (κ2) is 3.49. The smallest absolute Gasteiger partial charge is 0.295 e. The number of imidazole rings is 1. The molecule has 0 atom stereocenters. The van der Waals surface area contributed by atoms with Gasteiger partial charge in [-0.15, -0.1) is 0 Å². The Morgan fingerprint density at radius 3 is 2.47 bits per heavy atom. The van der Waals surface area contributed by atoms with Gasteiger partial charge in [0.25, 0.3) is 6.43 Å². The molecule has 0 aliphatic carbocycles. The molecule has 2 rings (SSSR count). The van der Waals surface area contributed by atoms with Gasteiger partial charge in [0.15, 0.2) is 0 Å². The summed E-state index contributed by atoms with van der Waals surface area (Å²) in [6.45, 7) is -0.555. The number of rotatable bonds is 2. The summed E-state index contributed by atoms with van der Waals surface area (Å²) in [6, 6.07) is 6.90. The van der Waals surface area contributed by atoms with Crippen LogP contribution >= 0.6 is 0 Å². The van der Waals surface area contributed by atoms with Crippen LogP contribution in [0.1, 0.15) is 0 Å². The molecule has 2 aromatic rings. The standard InChI is InChI=1S/C10H10F2N2O/c1-13-7-4-2-3-5-8(7)14(10(13)15)6-9(11)12/h2-5,9H,6H2,1H3. The lowest BCUT2D eigenvalue weighted by Crippen LogP contribution is -2.24. The summed E-state index contributed by atoms with van der Waals surface area (Å²) in [5.41, 5.74) is 0.810. The zero-order valence-electron chi connectivity index (χ0n) is 8.15. The lowest BCUT2D eigenvalue weighted by Gasteiger charge is -2.00. The molecule has 1 heterocycles. The Morgan fingerprint density at radius 2 is 1.87 bits per heavy atom. The molecular formula is C10H10F2N2O. The van der Waals surface area contributed by atoms with Crippen LogP contribution < -0.4 is 5.69 Å². The highest BCUT2D eigenvalue weighted by molar-refractivity contribution is 5.75. The fraction of sp³-hybridized carbons (Fsp3) is 0.300. The average molecular weight is 212 g/mol. The molecule has 0 aliphatic rings. The first-order valence-electron chi connectivity index (χ1n) is 4.53. The van der Waals surface area contributed by atoms with E-state index < -0.39 is 18.7 Å². The number of benzene rings is 1. The fourth-order valence-corrected chi connectivity index (χ4v) is 1.68. The number of nitrogens with zero attached hydrogens (tertiary/aromatic N) is 2. The number of hydrogen-bond acceptors (Lipinski definition) is 1. The molecule has 0 spiro atoms. The molecule has 15 heavy (non-hydrogen) atoms. The van der Waals surface area contributed by atoms with Gasteiger partial charge in [-0.2, -0.15) is 0 Å². The Morgan fingerprint density at radius 1 is 1.27 bits per heavy atom. The Bertz CT molecular complexity index is 542. The third kappa shape index (κ3) is 1.54. The van der Waals surface area contributed by atoms with Gasteiger partial charge in [-0.05, 0) is 12.1 Å². The third-order valence-corrected chi connectivity index (χ3v) is 2.37. The summed E-state index contributed by atoms with van der Waals surface area (Å²) in [4.78, 5) is 11.6. The van der Waals surface area contributed by atoms with Gasteiger partial charge in [-0.1, -0.05) is 12.1 Å². The van der Waals surface area contributed by atoms with Crippen LogP contribution in [0.15, 0.2) is 29.1 Å². The van der Waals surface area contributed by atoms with Crippen LogP contribution in [0.25, 0.3) is 11.0 Å². The predicted octanol–water partition coefficient (Wildman–Crippen LogP) is 1.61. The molecule has 1 aromatic carbocycles. The summed E-state index contributed by atoms with van der Waals surface area (Å²) < 4.78 is 27.0. The van der Waals surface area contributed by atoms with E-state index >= 15 is 0 Å². The van der Waals surface area contributed by atoms with Gasteiger partial charge in [-0.25, -0.2) is 13.6 Å². The SMILES string of the molecule is Cn1c(=O)n(CC(F)F)c2ccccc21. The molecule has 0 aliphatic heterocycles. The van der Waals surface area contributed by atoms with Gasteiger partial charge in [0.05, 0.1) is 17.6 Å². The normalized spacial score (nSPS) is 11.5. The maximum Gasteiger partial charge on any atom is 0.329 e. The van der Waals surface area contributed by atoms with Gasteiger partial charge >= 0.3 is 5.69 Å². The molecule has 0 N–H and O–H groups in total. The minimum atomic E-state index is -2.52. The van der Waals surface area contributed by atoms with Gasteiger partial charge in [0.1, 0.15) is 0 Å². The van der Waals surface area contributed by atoms with E-state index in [9.17, 15) is 13.6 Å². The van der Waals surface area contributed by atoms with E-state index in [1.54, 1.807) is 31.3 Å². The van der Waals surface area contributed by atoms with Crippen molar-refractivity contribution in [2.45, 2.75) is 13.0 Å². The summed E-state index contributed by atoms with van der Waals surface area (Å²) in [5, 5.41) is 0. The molecule has 5 heteroatoms. The van der Waals surface area contributed by atoms with Crippen molar-refractivity contribution in [3.8, 4) is 0 Å².